The van der Waals surface area contributed by atoms with Gasteiger partial charge in [-0.05, 0) is 42.0 Å². The highest BCUT2D eigenvalue weighted by molar-refractivity contribution is 6.16. The molecule has 0 fully saturated rings. The molecule has 0 N–H and O–H groups in total. The fourth-order valence-electron chi connectivity index (χ4n) is 8.30. The van der Waals surface area contributed by atoms with Crippen molar-refractivity contribution in [2.75, 3.05) is 0 Å². The van der Waals surface area contributed by atoms with Gasteiger partial charge in [0.05, 0.1) is 5.52 Å². The van der Waals surface area contributed by atoms with Crippen LogP contribution in [0.4, 0.5) is 0 Å². The summed E-state index contributed by atoms with van der Waals surface area (Å²) in [5, 5.41) is 3.45. The van der Waals surface area contributed by atoms with E-state index >= 15 is 0 Å². The first-order valence-electron chi connectivity index (χ1n) is 19.4. The summed E-state index contributed by atoms with van der Waals surface area (Å²) in [5.41, 5.74) is 8.22. The lowest BCUT2D eigenvalue weighted by molar-refractivity contribution is 0.704. The Morgan fingerprint density at radius 1 is 0.448 bits per heavy atom. The quantitative estimate of drug-likeness (QED) is 0.156. The van der Waals surface area contributed by atoms with Crippen molar-refractivity contribution < 1.29 is 0 Å². The number of nitrogens with zero attached hydrogens (tertiary/aromatic N) is 7. The number of fused-ring (bicyclic) bond motifs is 5. The molecular formula is C50H33N7O. The molecule has 6 aromatic carbocycles. The molecule has 4 heterocycles. The Hall–Kier alpha value is -7.71. The molecule has 1 atom stereocenters. The summed E-state index contributed by atoms with van der Waals surface area (Å²) in [6.45, 7) is 2.18. The maximum atomic E-state index is 14.5. The van der Waals surface area contributed by atoms with Crippen LogP contribution in [-0.4, -0.2) is 34.3 Å². The SMILES string of the molecule is CC1Cc2c(c3cc(-c4nc(-c5ccccc5)nc(-c5ccccc5)n4)cc4c5ccccc5c(=O)n2c34)C=C1c1nc(-c2ccccc2)nc(-c2ccccc2)n1. The van der Waals surface area contributed by atoms with Crippen molar-refractivity contribution in [1.82, 2.24) is 34.3 Å². The highest BCUT2D eigenvalue weighted by Crippen LogP contribution is 2.43. The fraction of sp³-hybridized carbons (Fsp3) is 0.0600. The molecule has 0 aliphatic heterocycles. The van der Waals surface area contributed by atoms with Crippen molar-refractivity contribution in [1.29, 1.82) is 0 Å². The molecule has 58 heavy (non-hydrogen) atoms. The maximum Gasteiger partial charge on any atom is 0.263 e. The van der Waals surface area contributed by atoms with E-state index in [1.54, 1.807) is 0 Å². The van der Waals surface area contributed by atoms with Gasteiger partial charge in [0.1, 0.15) is 0 Å². The fourth-order valence-corrected chi connectivity index (χ4v) is 8.30. The van der Waals surface area contributed by atoms with Crippen LogP contribution in [0, 0.1) is 5.92 Å². The molecule has 0 radical (unpaired) electrons. The van der Waals surface area contributed by atoms with Crippen LogP contribution >= 0.6 is 0 Å². The van der Waals surface area contributed by atoms with Crippen LogP contribution < -0.4 is 5.56 Å². The number of pyridine rings is 1. The minimum Gasteiger partial charge on any atom is -0.279 e. The van der Waals surface area contributed by atoms with Crippen LogP contribution in [0.15, 0.2) is 163 Å². The molecule has 8 heteroatoms. The Bertz CT molecular complexity index is 3160. The van der Waals surface area contributed by atoms with E-state index in [2.05, 4.69) is 25.1 Å². The predicted octanol–water partition coefficient (Wildman–Crippen LogP) is 10.5. The van der Waals surface area contributed by atoms with E-state index in [0.717, 1.165) is 66.3 Å². The van der Waals surface area contributed by atoms with E-state index in [9.17, 15) is 4.79 Å². The van der Waals surface area contributed by atoms with Gasteiger partial charge in [-0.2, -0.15) is 0 Å². The molecule has 0 bridgehead atoms. The number of rotatable bonds is 6. The van der Waals surface area contributed by atoms with Crippen LogP contribution in [-0.2, 0) is 6.42 Å². The van der Waals surface area contributed by atoms with Crippen molar-refractivity contribution in [3.8, 4) is 56.9 Å². The molecule has 1 aliphatic carbocycles. The second kappa shape index (κ2) is 13.5. The van der Waals surface area contributed by atoms with E-state index in [0.29, 0.717) is 46.8 Å². The lowest BCUT2D eigenvalue weighted by atomic mass is 9.86. The van der Waals surface area contributed by atoms with Gasteiger partial charge < -0.3 is 0 Å². The predicted molar refractivity (Wildman–Crippen MR) is 231 cm³/mol. The van der Waals surface area contributed by atoms with Gasteiger partial charge in [0, 0.05) is 60.8 Å². The largest absolute Gasteiger partial charge is 0.279 e. The Balaban J connectivity index is 1.18. The third-order valence-corrected chi connectivity index (χ3v) is 11.1. The van der Waals surface area contributed by atoms with Crippen molar-refractivity contribution in [2.24, 2.45) is 5.92 Å². The Morgan fingerprint density at radius 2 is 0.845 bits per heavy atom. The number of hydrogen-bond donors (Lipinski definition) is 0. The molecule has 1 unspecified atom stereocenters. The van der Waals surface area contributed by atoms with Crippen molar-refractivity contribution in [3.05, 3.63) is 185 Å². The average Bonchev–Trinajstić information content (AvgIpc) is 3.61. The zero-order chi connectivity index (χ0) is 38.7. The summed E-state index contributed by atoms with van der Waals surface area (Å²) in [6.07, 6.45) is 2.81. The summed E-state index contributed by atoms with van der Waals surface area (Å²) in [7, 11) is 0. The lowest BCUT2D eigenvalue weighted by Crippen LogP contribution is -2.19. The van der Waals surface area contributed by atoms with Gasteiger partial charge in [0.2, 0.25) is 0 Å². The maximum absolute atomic E-state index is 14.5. The molecule has 1 aliphatic rings. The third-order valence-electron chi connectivity index (χ3n) is 11.1. The van der Waals surface area contributed by atoms with E-state index in [1.165, 1.54) is 0 Å². The first-order chi connectivity index (χ1) is 28.6. The van der Waals surface area contributed by atoms with Crippen LogP contribution in [0.5, 0.6) is 0 Å². The van der Waals surface area contributed by atoms with Crippen LogP contribution in [0.3, 0.4) is 0 Å². The van der Waals surface area contributed by atoms with E-state index < -0.39 is 0 Å². The average molecular weight is 748 g/mol. The minimum absolute atomic E-state index is 0.000918. The first-order valence-corrected chi connectivity index (χ1v) is 19.4. The highest BCUT2D eigenvalue weighted by Gasteiger charge is 2.30. The molecule has 8 nitrogen and oxygen atoms in total. The number of hydrogen-bond acceptors (Lipinski definition) is 7. The summed E-state index contributed by atoms with van der Waals surface area (Å²) < 4.78 is 1.94. The van der Waals surface area contributed by atoms with Gasteiger partial charge in [-0.25, -0.2) is 29.9 Å². The van der Waals surface area contributed by atoms with Gasteiger partial charge >= 0.3 is 0 Å². The van der Waals surface area contributed by atoms with Crippen molar-refractivity contribution in [3.63, 3.8) is 0 Å². The molecule has 10 aromatic rings. The second-order valence-electron chi connectivity index (χ2n) is 14.7. The molecule has 0 saturated carbocycles. The standard InChI is InChI=1S/C50H33N7O/c1-30-26-42-39(29-38(30)49-55-46(33-20-10-4-11-21-33)52-47(56-49)34-22-12-5-13-23-34)41-28-35(27-40-36-24-14-15-25-37(36)50(58)57(42)43(40)41)48-53-44(31-16-6-2-7-17-31)51-45(54-48)32-18-8-3-9-19-32/h2-25,27-30H,26H2,1H3. The zero-order valence-corrected chi connectivity index (χ0v) is 31.4. The molecular weight excluding hydrogens is 715 g/mol. The molecule has 0 spiro atoms. The summed E-state index contributed by atoms with van der Waals surface area (Å²) in [4.78, 5) is 44.8. The molecule has 11 rings (SSSR count). The summed E-state index contributed by atoms with van der Waals surface area (Å²) >= 11 is 0. The van der Waals surface area contributed by atoms with Gasteiger partial charge in [-0.15, -0.1) is 0 Å². The first kappa shape index (κ1) is 33.6. The van der Waals surface area contributed by atoms with Gasteiger partial charge in [-0.3, -0.25) is 9.20 Å². The van der Waals surface area contributed by atoms with E-state index in [-0.39, 0.29) is 11.5 Å². The Kier molecular flexibility index (Phi) is 7.82. The summed E-state index contributed by atoms with van der Waals surface area (Å²) in [6, 6.07) is 52.2. The lowest BCUT2D eigenvalue weighted by Gasteiger charge is -2.21. The molecule has 0 saturated heterocycles. The van der Waals surface area contributed by atoms with Crippen molar-refractivity contribution in [2.45, 2.75) is 13.3 Å². The normalized spacial score (nSPS) is 13.9. The van der Waals surface area contributed by atoms with Crippen LogP contribution in [0.1, 0.15) is 24.0 Å². The second-order valence-corrected chi connectivity index (χ2v) is 14.7. The van der Waals surface area contributed by atoms with Gasteiger partial charge in [-0.1, -0.05) is 146 Å². The monoisotopic (exact) mass is 747 g/mol. The zero-order valence-electron chi connectivity index (χ0n) is 31.4. The third kappa shape index (κ3) is 5.57. The highest BCUT2D eigenvalue weighted by atomic mass is 16.1. The number of allylic oxidation sites excluding steroid dienone is 1. The van der Waals surface area contributed by atoms with Crippen molar-refractivity contribution >= 4 is 38.7 Å². The molecule has 0 amide bonds. The van der Waals surface area contributed by atoms with Gasteiger partial charge in [0.25, 0.3) is 5.56 Å². The van der Waals surface area contributed by atoms with Crippen LogP contribution in [0.25, 0.3) is 95.7 Å². The molecule has 4 aromatic heterocycles. The Morgan fingerprint density at radius 3 is 1.33 bits per heavy atom. The molecule has 274 valence electrons. The number of benzene rings is 6. The topological polar surface area (TPSA) is 98.8 Å². The Labute approximate surface area is 333 Å². The van der Waals surface area contributed by atoms with Gasteiger partial charge in [0.15, 0.2) is 34.9 Å². The number of aromatic nitrogens is 7. The van der Waals surface area contributed by atoms with E-state index in [1.807, 2.05) is 150 Å². The summed E-state index contributed by atoms with van der Waals surface area (Å²) in [5.74, 6) is 3.55. The van der Waals surface area contributed by atoms with E-state index in [4.69, 9.17) is 29.9 Å². The minimum atomic E-state index is -0.0260. The van der Waals surface area contributed by atoms with Crippen LogP contribution in [0.2, 0.25) is 0 Å². The smallest absolute Gasteiger partial charge is 0.263 e.